The molecule has 0 aliphatic carbocycles. The average Bonchev–Trinajstić information content (AvgIpc) is 3.38. The van der Waals surface area contributed by atoms with E-state index in [2.05, 4.69) is 136 Å². The van der Waals surface area contributed by atoms with E-state index in [1.807, 2.05) is 18.5 Å². The van der Waals surface area contributed by atoms with Crippen LogP contribution in [0.1, 0.15) is 0 Å². The van der Waals surface area contributed by atoms with Gasteiger partial charge in [0.15, 0.2) is 0 Å². The molecule has 8 aromatic rings. The second kappa shape index (κ2) is 8.88. The largest absolute Gasteiger partial charge is 0.309 e. The van der Waals surface area contributed by atoms with E-state index in [9.17, 15) is 0 Å². The molecule has 4 nitrogen and oxygen atoms in total. The van der Waals surface area contributed by atoms with Gasteiger partial charge in [-0.2, -0.15) is 0 Å². The van der Waals surface area contributed by atoms with Crippen molar-refractivity contribution in [2.45, 2.75) is 0 Å². The predicted octanol–water partition coefficient (Wildman–Crippen LogP) is 9.84. The number of pyridine rings is 2. The highest BCUT2D eigenvalue weighted by Gasteiger charge is 2.28. The average molecular weight is 537 g/mol. The van der Waals surface area contributed by atoms with E-state index >= 15 is 0 Å². The highest BCUT2D eigenvalue weighted by molar-refractivity contribution is 6.18. The Labute approximate surface area is 242 Å². The van der Waals surface area contributed by atoms with Crippen LogP contribution in [0.25, 0.3) is 60.5 Å². The zero-order valence-electron chi connectivity index (χ0n) is 22.6. The lowest BCUT2D eigenvalue weighted by molar-refractivity contribution is 1.16. The van der Waals surface area contributed by atoms with Crippen molar-refractivity contribution in [1.82, 2.24) is 14.5 Å². The molecule has 0 fully saturated rings. The molecule has 0 amide bonds. The lowest BCUT2D eigenvalue weighted by Gasteiger charge is -2.33. The number of rotatable bonds is 3. The fourth-order valence-electron chi connectivity index (χ4n) is 6.62. The third-order valence-electron chi connectivity index (χ3n) is 8.43. The molecule has 0 spiro atoms. The van der Waals surface area contributed by atoms with Crippen molar-refractivity contribution in [2.24, 2.45) is 0 Å². The predicted molar refractivity (Wildman–Crippen MR) is 173 cm³/mol. The number of benzene rings is 5. The number of fused-ring (bicyclic) bond motifs is 5. The van der Waals surface area contributed by atoms with Gasteiger partial charge in [-0.25, -0.2) is 4.98 Å². The van der Waals surface area contributed by atoms with E-state index in [1.165, 1.54) is 43.7 Å². The Bertz CT molecular complexity index is 2300. The zero-order chi connectivity index (χ0) is 27.6. The van der Waals surface area contributed by atoms with E-state index in [-0.39, 0.29) is 0 Å². The van der Waals surface area contributed by atoms with Gasteiger partial charge in [0.05, 0.1) is 22.4 Å². The molecule has 4 heterocycles. The normalized spacial score (nSPS) is 12.2. The van der Waals surface area contributed by atoms with Crippen LogP contribution in [0, 0.1) is 0 Å². The summed E-state index contributed by atoms with van der Waals surface area (Å²) in [5, 5.41) is 4.94. The molecule has 196 valence electrons. The van der Waals surface area contributed by atoms with Gasteiger partial charge in [-0.3, -0.25) is 9.88 Å². The van der Waals surface area contributed by atoms with Crippen molar-refractivity contribution >= 4 is 49.8 Å². The summed E-state index contributed by atoms with van der Waals surface area (Å²) in [5.74, 6) is 0.876. The number of hydrogen-bond donors (Lipinski definition) is 0. The third kappa shape index (κ3) is 3.29. The van der Waals surface area contributed by atoms with E-state index in [1.54, 1.807) is 6.20 Å². The Kier molecular flexibility index (Phi) is 4.87. The van der Waals surface area contributed by atoms with Crippen molar-refractivity contribution in [3.8, 4) is 27.9 Å². The molecule has 3 aromatic heterocycles. The van der Waals surface area contributed by atoms with Gasteiger partial charge in [0.25, 0.3) is 0 Å². The van der Waals surface area contributed by atoms with Crippen molar-refractivity contribution in [3.05, 3.63) is 146 Å². The summed E-state index contributed by atoms with van der Waals surface area (Å²) >= 11 is 0. The second-order valence-corrected chi connectivity index (χ2v) is 10.7. The minimum Gasteiger partial charge on any atom is -0.309 e. The van der Waals surface area contributed by atoms with Crippen molar-refractivity contribution < 1.29 is 0 Å². The van der Waals surface area contributed by atoms with Gasteiger partial charge < -0.3 is 4.57 Å². The molecule has 1 aliphatic heterocycles. The first-order valence-electron chi connectivity index (χ1n) is 14.2. The van der Waals surface area contributed by atoms with Gasteiger partial charge in [-0.1, -0.05) is 72.8 Å². The SMILES string of the molecule is c1ccc(-n2c3ccccc3c3cc4c(cc32)N(c2cc(-c3cccnc3)ccn2)c2cccc3cccc-4c23)cc1. The molecule has 0 saturated heterocycles. The fourth-order valence-corrected chi connectivity index (χ4v) is 6.62. The Morgan fingerprint density at radius 3 is 2.26 bits per heavy atom. The summed E-state index contributed by atoms with van der Waals surface area (Å²) in [6.45, 7) is 0. The van der Waals surface area contributed by atoms with Crippen molar-refractivity contribution in [3.63, 3.8) is 0 Å². The van der Waals surface area contributed by atoms with Crippen LogP contribution in [0.4, 0.5) is 17.2 Å². The molecule has 9 rings (SSSR count). The molecule has 5 aromatic carbocycles. The molecule has 0 bridgehead atoms. The van der Waals surface area contributed by atoms with Gasteiger partial charge in [0.2, 0.25) is 0 Å². The summed E-state index contributed by atoms with van der Waals surface area (Å²) in [5.41, 5.74) is 10.4. The van der Waals surface area contributed by atoms with Crippen LogP contribution in [0.3, 0.4) is 0 Å². The van der Waals surface area contributed by atoms with Gasteiger partial charge in [-0.15, -0.1) is 0 Å². The van der Waals surface area contributed by atoms with Crippen LogP contribution >= 0.6 is 0 Å². The van der Waals surface area contributed by atoms with Crippen molar-refractivity contribution in [2.75, 3.05) is 4.90 Å². The minimum absolute atomic E-state index is 0.876. The number of anilines is 3. The van der Waals surface area contributed by atoms with Gasteiger partial charge in [-0.05, 0) is 71.1 Å². The Balaban J connectivity index is 1.40. The van der Waals surface area contributed by atoms with E-state index in [0.717, 1.165) is 34.0 Å². The van der Waals surface area contributed by atoms with E-state index in [4.69, 9.17) is 4.98 Å². The zero-order valence-corrected chi connectivity index (χ0v) is 22.6. The third-order valence-corrected chi connectivity index (χ3v) is 8.43. The lowest BCUT2D eigenvalue weighted by Crippen LogP contribution is -2.16. The van der Waals surface area contributed by atoms with Crippen LogP contribution in [0.5, 0.6) is 0 Å². The molecule has 42 heavy (non-hydrogen) atoms. The number of para-hydroxylation sites is 2. The Morgan fingerprint density at radius 2 is 1.38 bits per heavy atom. The molecule has 1 aliphatic rings. The maximum atomic E-state index is 4.95. The number of nitrogens with zero attached hydrogens (tertiary/aromatic N) is 4. The highest BCUT2D eigenvalue weighted by Crippen LogP contribution is 2.52. The maximum absolute atomic E-state index is 4.95. The lowest BCUT2D eigenvalue weighted by atomic mass is 9.90. The fraction of sp³-hybridized carbons (Fsp3) is 0. The molecule has 0 radical (unpaired) electrons. The van der Waals surface area contributed by atoms with E-state index < -0.39 is 0 Å². The summed E-state index contributed by atoms with van der Waals surface area (Å²) in [7, 11) is 0. The molecular formula is C38H24N4. The van der Waals surface area contributed by atoms with Gasteiger partial charge in [0.1, 0.15) is 5.82 Å². The van der Waals surface area contributed by atoms with E-state index in [0.29, 0.717) is 0 Å². The monoisotopic (exact) mass is 536 g/mol. The number of hydrogen-bond acceptors (Lipinski definition) is 3. The van der Waals surface area contributed by atoms with Crippen LogP contribution in [0.15, 0.2) is 146 Å². The highest BCUT2D eigenvalue weighted by atomic mass is 15.2. The van der Waals surface area contributed by atoms with Crippen LogP contribution in [-0.2, 0) is 0 Å². The summed E-state index contributed by atoms with van der Waals surface area (Å²) in [6.07, 6.45) is 5.61. The van der Waals surface area contributed by atoms with Gasteiger partial charge in [0, 0.05) is 51.6 Å². The topological polar surface area (TPSA) is 34.0 Å². The minimum atomic E-state index is 0.876. The first kappa shape index (κ1) is 23.0. The summed E-state index contributed by atoms with van der Waals surface area (Å²) < 4.78 is 2.38. The molecular weight excluding hydrogens is 512 g/mol. The maximum Gasteiger partial charge on any atom is 0.138 e. The second-order valence-electron chi connectivity index (χ2n) is 10.7. The quantitative estimate of drug-likeness (QED) is 0.225. The van der Waals surface area contributed by atoms with Crippen LogP contribution < -0.4 is 4.90 Å². The Morgan fingerprint density at radius 1 is 0.524 bits per heavy atom. The number of aromatic nitrogens is 3. The van der Waals surface area contributed by atoms with Crippen molar-refractivity contribution in [1.29, 1.82) is 0 Å². The standard InChI is InChI=1S/C38H24N4/c1-2-12-28(13-3-1)41-33-16-5-4-14-29(33)31-22-32-30-15-6-9-25-10-7-17-34(38(25)30)42(36(32)23-35(31)41)37-21-26(18-20-40-37)27-11-8-19-39-24-27/h1-24H. The Hall–Kier alpha value is -5.74. The van der Waals surface area contributed by atoms with Crippen LogP contribution in [-0.4, -0.2) is 14.5 Å². The molecule has 0 saturated carbocycles. The summed E-state index contributed by atoms with van der Waals surface area (Å²) in [6, 6.07) is 45.5. The molecule has 0 unspecified atom stereocenters. The smallest absolute Gasteiger partial charge is 0.138 e. The molecule has 4 heteroatoms. The summed E-state index contributed by atoms with van der Waals surface area (Å²) in [4.78, 5) is 11.6. The van der Waals surface area contributed by atoms with Crippen LogP contribution in [0.2, 0.25) is 0 Å². The van der Waals surface area contributed by atoms with Gasteiger partial charge >= 0.3 is 0 Å². The first-order valence-corrected chi connectivity index (χ1v) is 14.2. The molecule has 0 N–H and O–H groups in total. The molecule has 0 atom stereocenters. The first-order chi connectivity index (χ1) is 20.8.